The van der Waals surface area contributed by atoms with Crippen LogP contribution in [0.15, 0.2) is 42.5 Å². The lowest BCUT2D eigenvalue weighted by molar-refractivity contribution is -0.116. The van der Waals surface area contributed by atoms with Crippen LogP contribution in [0.3, 0.4) is 0 Å². The predicted octanol–water partition coefficient (Wildman–Crippen LogP) is 2.86. The fourth-order valence-electron chi connectivity index (χ4n) is 2.25. The van der Waals surface area contributed by atoms with Crippen molar-refractivity contribution in [2.75, 3.05) is 5.32 Å². The maximum absolute atomic E-state index is 11.4. The number of rotatable bonds is 3. The molecule has 0 unspecified atom stereocenters. The lowest BCUT2D eigenvalue weighted by Gasteiger charge is -2.17. The SMILES string of the molecule is O=C1CCc2ccc(OCc3cccc(O)c3)cc2N1. The summed E-state index contributed by atoms with van der Waals surface area (Å²) in [4.78, 5) is 11.4. The number of carbonyl (C=O) groups is 1. The normalized spacial score (nSPS) is 13.5. The molecule has 1 amide bonds. The lowest BCUT2D eigenvalue weighted by atomic mass is 10.0. The van der Waals surface area contributed by atoms with Crippen LogP contribution >= 0.6 is 0 Å². The zero-order valence-corrected chi connectivity index (χ0v) is 10.9. The molecule has 0 bridgehead atoms. The summed E-state index contributed by atoms with van der Waals surface area (Å²) in [7, 11) is 0. The Bertz CT molecular complexity index is 652. The molecule has 3 rings (SSSR count). The van der Waals surface area contributed by atoms with Crippen molar-refractivity contribution >= 4 is 11.6 Å². The minimum absolute atomic E-state index is 0.0441. The molecule has 0 saturated heterocycles. The van der Waals surface area contributed by atoms with Crippen LogP contribution in [0.5, 0.6) is 11.5 Å². The van der Waals surface area contributed by atoms with Gasteiger partial charge in [-0.25, -0.2) is 0 Å². The fraction of sp³-hybridized carbons (Fsp3) is 0.188. The number of hydrogen-bond acceptors (Lipinski definition) is 3. The first kappa shape index (κ1) is 12.5. The number of benzene rings is 2. The van der Waals surface area contributed by atoms with E-state index >= 15 is 0 Å². The minimum Gasteiger partial charge on any atom is -0.508 e. The van der Waals surface area contributed by atoms with Crippen molar-refractivity contribution in [2.45, 2.75) is 19.4 Å². The number of aryl methyl sites for hydroxylation is 1. The molecule has 1 aliphatic heterocycles. The van der Waals surface area contributed by atoms with Gasteiger partial charge in [0.15, 0.2) is 0 Å². The van der Waals surface area contributed by atoms with Gasteiger partial charge in [-0.2, -0.15) is 0 Å². The van der Waals surface area contributed by atoms with Crippen molar-refractivity contribution in [1.29, 1.82) is 0 Å². The van der Waals surface area contributed by atoms with Crippen LogP contribution in [0.2, 0.25) is 0 Å². The van der Waals surface area contributed by atoms with E-state index in [-0.39, 0.29) is 11.7 Å². The van der Waals surface area contributed by atoms with Crippen LogP contribution in [0, 0.1) is 0 Å². The zero-order chi connectivity index (χ0) is 13.9. The Morgan fingerprint density at radius 1 is 1.15 bits per heavy atom. The number of phenolic OH excluding ortho intramolecular Hbond substituents is 1. The maximum atomic E-state index is 11.4. The summed E-state index contributed by atoms with van der Waals surface area (Å²) in [5.41, 5.74) is 2.86. The molecule has 1 aliphatic rings. The second kappa shape index (κ2) is 5.25. The molecule has 0 saturated carbocycles. The van der Waals surface area contributed by atoms with Crippen molar-refractivity contribution in [3.63, 3.8) is 0 Å². The van der Waals surface area contributed by atoms with Crippen molar-refractivity contribution in [2.24, 2.45) is 0 Å². The highest BCUT2D eigenvalue weighted by molar-refractivity contribution is 5.94. The molecule has 0 atom stereocenters. The molecule has 1 heterocycles. The van der Waals surface area contributed by atoms with Crippen LogP contribution in [0.1, 0.15) is 17.5 Å². The third-order valence-electron chi connectivity index (χ3n) is 3.29. The third kappa shape index (κ3) is 2.74. The lowest BCUT2D eigenvalue weighted by Crippen LogP contribution is -2.18. The molecular weight excluding hydrogens is 254 g/mol. The van der Waals surface area contributed by atoms with Gasteiger partial charge in [0, 0.05) is 18.2 Å². The smallest absolute Gasteiger partial charge is 0.224 e. The van der Waals surface area contributed by atoms with E-state index in [4.69, 9.17) is 4.74 Å². The number of anilines is 1. The maximum Gasteiger partial charge on any atom is 0.224 e. The Morgan fingerprint density at radius 2 is 2.05 bits per heavy atom. The second-order valence-electron chi connectivity index (χ2n) is 4.83. The quantitative estimate of drug-likeness (QED) is 0.900. The molecule has 4 heteroatoms. The molecule has 0 fully saturated rings. The van der Waals surface area contributed by atoms with Crippen LogP contribution in [0.25, 0.3) is 0 Å². The van der Waals surface area contributed by atoms with Crippen molar-refractivity contribution in [3.05, 3.63) is 53.6 Å². The molecule has 4 nitrogen and oxygen atoms in total. The summed E-state index contributed by atoms with van der Waals surface area (Å²) in [6, 6.07) is 12.7. The first-order valence-electron chi connectivity index (χ1n) is 6.54. The summed E-state index contributed by atoms with van der Waals surface area (Å²) < 4.78 is 5.69. The Kier molecular flexibility index (Phi) is 3.29. The number of phenols is 1. The van der Waals surface area contributed by atoms with Crippen LogP contribution in [0.4, 0.5) is 5.69 Å². The molecule has 0 aromatic heterocycles. The van der Waals surface area contributed by atoms with E-state index in [9.17, 15) is 9.90 Å². The number of hydrogen-bond donors (Lipinski definition) is 2. The highest BCUT2D eigenvalue weighted by atomic mass is 16.5. The summed E-state index contributed by atoms with van der Waals surface area (Å²) >= 11 is 0. The third-order valence-corrected chi connectivity index (χ3v) is 3.29. The van der Waals surface area contributed by atoms with Gasteiger partial charge in [0.2, 0.25) is 5.91 Å². The van der Waals surface area contributed by atoms with Gasteiger partial charge in [-0.15, -0.1) is 0 Å². The summed E-state index contributed by atoms with van der Waals surface area (Å²) in [5.74, 6) is 0.973. The standard InChI is InChI=1S/C16H15NO3/c18-13-3-1-2-11(8-13)10-20-14-6-4-12-5-7-16(19)17-15(12)9-14/h1-4,6,8-9,18H,5,7,10H2,(H,17,19). The first-order chi connectivity index (χ1) is 9.70. The van der Waals surface area contributed by atoms with Gasteiger partial charge in [-0.1, -0.05) is 18.2 Å². The van der Waals surface area contributed by atoms with Gasteiger partial charge in [-0.05, 0) is 35.7 Å². The average Bonchev–Trinajstić information content (AvgIpc) is 2.45. The molecule has 0 aliphatic carbocycles. The fourth-order valence-corrected chi connectivity index (χ4v) is 2.25. The molecular formula is C16H15NO3. The molecule has 20 heavy (non-hydrogen) atoms. The van der Waals surface area contributed by atoms with Crippen molar-refractivity contribution < 1.29 is 14.6 Å². The van der Waals surface area contributed by atoms with Gasteiger partial charge in [0.25, 0.3) is 0 Å². The number of fused-ring (bicyclic) bond motifs is 1. The van der Waals surface area contributed by atoms with Gasteiger partial charge in [-0.3, -0.25) is 4.79 Å². The second-order valence-corrected chi connectivity index (χ2v) is 4.83. The van der Waals surface area contributed by atoms with E-state index in [0.29, 0.717) is 18.8 Å². The number of carbonyl (C=O) groups excluding carboxylic acids is 1. The topological polar surface area (TPSA) is 58.6 Å². The highest BCUT2D eigenvalue weighted by Gasteiger charge is 2.14. The summed E-state index contributed by atoms with van der Waals surface area (Å²) in [5, 5.41) is 12.2. The molecule has 0 spiro atoms. The summed E-state index contributed by atoms with van der Waals surface area (Å²) in [6.07, 6.45) is 1.31. The number of ether oxygens (including phenoxy) is 1. The van der Waals surface area contributed by atoms with E-state index in [1.807, 2.05) is 24.3 Å². The minimum atomic E-state index is 0.0441. The zero-order valence-electron chi connectivity index (χ0n) is 10.9. The van der Waals surface area contributed by atoms with Gasteiger partial charge in [0.1, 0.15) is 18.1 Å². The Balaban J connectivity index is 1.72. The van der Waals surface area contributed by atoms with Crippen LogP contribution in [-0.4, -0.2) is 11.0 Å². The largest absolute Gasteiger partial charge is 0.508 e. The average molecular weight is 269 g/mol. The number of amides is 1. The molecule has 2 aromatic rings. The highest BCUT2D eigenvalue weighted by Crippen LogP contribution is 2.27. The van der Waals surface area contributed by atoms with E-state index in [1.54, 1.807) is 18.2 Å². The monoisotopic (exact) mass is 269 g/mol. The number of nitrogens with one attached hydrogen (secondary N) is 1. The molecule has 102 valence electrons. The Morgan fingerprint density at radius 3 is 2.90 bits per heavy atom. The Hall–Kier alpha value is -2.49. The van der Waals surface area contributed by atoms with Crippen molar-refractivity contribution in [1.82, 2.24) is 0 Å². The van der Waals surface area contributed by atoms with Crippen LogP contribution in [-0.2, 0) is 17.8 Å². The van der Waals surface area contributed by atoms with Crippen molar-refractivity contribution in [3.8, 4) is 11.5 Å². The first-order valence-corrected chi connectivity index (χ1v) is 6.54. The predicted molar refractivity (Wildman–Crippen MR) is 75.8 cm³/mol. The summed E-state index contributed by atoms with van der Waals surface area (Å²) in [6.45, 7) is 0.376. The molecule has 0 radical (unpaired) electrons. The van der Waals surface area contributed by atoms with E-state index in [0.717, 1.165) is 23.2 Å². The van der Waals surface area contributed by atoms with Crippen LogP contribution < -0.4 is 10.1 Å². The van der Waals surface area contributed by atoms with Gasteiger partial charge in [0.05, 0.1) is 0 Å². The molecule has 2 N–H and O–H groups in total. The molecule has 2 aromatic carbocycles. The van der Waals surface area contributed by atoms with Gasteiger partial charge >= 0.3 is 0 Å². The number of aromatic hydroxyl groups is 1. The van der Waals surface area contributed by atoms with Gasteiger partial charge < -0.3 is 15.2 Å². The Labute approximate surface area is 117 Å². The van der Waals surface area contributed by atoms with E-state index < -0.39 is 0 Å². The van der Waals surface area contributed by atoms with E-state index in [2.05, 4.69) is 5.32 Å². The van der Waals surface area contributed by atoms with E-state index in [1.165, 1.54) is 0 Å².